The fraction of sp³-hybridized carbons (Fsp3) is 0.548. The summed E-state index contributed by atoms with van der Waals surface area (Å²) in [6.07, 6.45) is 6.18. The standard InChI is InChI=1S/C31H39N3O8/c1-18(2)22(17-35)34-27-29(38)33(20-10-12-21(40-4)13-11-20)15-7-14-31(27)26(28(34)37)25-23(42-31)8-5-6-9-24(36)32-16-19(3)41-30(25)39/h5,7-8,10-14,18-19,22-23,25-27,35H,6,9,15-17H2,1-4H3,(H,32,36)/b8-5-/t19-,22-,23-,25+,26+,27-,31+/m0/s1. The highest BCUT2D eigenvalue weighted by atomic mass is 16.6. The van der Waals surface area contributed by atoms with Gasteiger partial charge in [0.1, 0.15) is 29.4 Å². The number of allylic oxidation sites excluding steroid dienone is 1. The third kappa shape index (κ3) is 5.09. The van der Waals surface area contributed by atoms with Gasteiger partial charge in [-0.3, -0.25) is 19.2 Å². The van der Waals surface area contributed by atoms with E-state index in [0.717, 1.165) is 0 Å². The number of ether oxygens (including phenoxy) is 3. The molecule has 11 heteroatoms. The number of likely N-dealkylation sites (tertiary alicyclic amines) is 1. The predicted octanol–water partition coefficient (Wildman–Crippen LogP) is 1.59. The van der Waals surface area contributed by atoms with Crippen molar-refractivity contribution >= 4 is 29.4 Å². The zero-order valence-electron chi connectivity index (χ0n) is 24.4. The number of aliphatic hydroxyl groups is 1. The van der Waals surface area contributed by atoms with E-state index in [2.05, 4.69) is 5.32 Å². The van der Waals surface area contributed by atoms with Crippen molar-refractivity contribution < 1.29 is 38.5 Å². The van der Waals surface area contributed by atoms with Crippen LogP contribution < -0.4 is 15.0 Å². The van der Waals surface area contributed by atoms with Gasteiger partial charge in [0.2, 0.25) is 11.8 Å². The predicted molar refractivity (Wildman–Crippen MR) is 152 cm³/mol. The summed E-state index contributed by atoms with van der Waals surface area (Å²) < 4.78 is 17.7. The van der Waals surface area contributed by atoms with E-state index in [1.807, 2.05) is 13.8 Å². The fourth-order valence-corrected chi connectivity index (χ4v) is 6.57. The molecule has 1 aromatic rings. The van der Waals surface area contributed by atoms with Gasteiger partial charge in [-0.1, -0.05) is 38.2 Å². The summed E-state index contributed by atoms with van der Waals surface area (Å²) in [7, 11) is 1.56. The maximum Gasteiger partial charge on any atom is 0.313 e. The van der Waals surface area contributed by atoms with E-state index in [1.54, 1.807) is 67.5 Å². The molecular weight excluding hydrogens is 542 g/mol. The number of aliphatic hydroxyl groups excluding tert-OH is 1. The van der Waals surface area contributed by atoms with E-state index in [4.69, 9.17) is 14.2 Å². The van der Waals surface area contributed by atoms with Crippen LogP contribution in [0.1, 0.15) is 33.6 Å². The van der Waals surface area contributed by atoms with Crippen molar-refractivity contribution in [1.82, 2.24) is 10.2 Å². The highest BCUT2D eigenvalue weighted by Crippen LogP contribution is 2.54. The maximum absolute atomic E-state index is 14.5. The molecule has 3 amide bonds. The van der Waals surface area contributed by atoms with Crippen LogP contribution in [0, 0.1) is 17.8 Å². The lowest BCUT2D eigenvalue weighted by Crippen LogP contribution is -2.59. The van der Waals surface area contributed by atoms with E-state index in [1.165, 1.54) is 4.90 Å². The molecule has 0 aromatic heterocycles. The lowest BCUT2D eigenvalue weighted by atomic mass is 9.78. The quantitative estimate of drug-likeness (QED) is 0.396. The molecule has 226 valence electrons. The highest BCUT2D eigenvalue weighted by Gasteiger charge is 2.72. The van der Waals surface area contributed by atoms with E-state index in [-0.39, 0.29) is 43.8 Å². The van der Waals surface area contributed by atoms with E-state index >= 15 is 0 Å². The van der Waals surface area contributed by atoms with E-state index < -0.39 is 53.6 Å². The van der Waals surface area contributed by atoms with Crippen LogP contribution in [0.3, 0.4) is 0 Å². The van der Waals surface area contributed by atoms with Crippen molar-refractivity contribution in [1.29, 1.82) is 0 Å². The van der Waals surface area contributed by atoms with Gasteiger partial charge in [-0.05, 0) is 43.5 Å². The van der Waals surface area contributed by atoms with Crippen molar-refractivity contribution in [3.8, 4) is 5.75 Å². The Morgan fingerprint density at radius 1 is 1.12 bits per heavy atom. The van der Waals surface area contributed by atoms with Gasteiger partial charge in [0.25, 0.3) is 5.91 Å². The summed E-state index contributed by atoms with van der Waals surface area (Å²) in [5.74, 6) is -3.25. The first kappa shape index (κ1) is 29.8. The number of nitrogens with one attached hydrogen (secondary N) is 1. The van der Waals surface area contributed by atoms with E-state index in [9.17, 15) is 24.3 Å². The number of rotatable bonds is 5. The van der Waals surface area contributed by atoms with Crippen LogP contribution in [0.4, 0.5) is 5.69 Å². The van der Waals surface area contributed by atoms with Crippen LogP contribution in [-0.4, -0.2) is 90.4 Å². The zero-order chi connectivity index (χ0) is 30.2. The summed E-state index contributed by atoms with van der Waals surface area (Å²) in [5, 5.41) is 13.2. The van der Waals surface area contributed by atoms with Crippen molar-refractivity contribution in [3.63, 3.8) is 0 Å². The molecule has 2 N–H and O–H groups in total. The molecule has 4 aliphatic rings. The number of benzene rings is 1. The van der Waals surface area contributed by atoms with Gasteiger partial charge in [-0.2, -0.15) is 0 Å². The summed E-state index contributed by atoms with van der Waals surface area (Å²) in [6.45, 7) is 5.42. The topological polar surface area (TPSA) is 135 Å². The first-order valence-corrected chi connectivity index (χ1v) is 14.5. The first-order valence-electron chi connectivity index (χ1n) is 14.5. The summed E-state index contributed by atoms with van der Waals surface area (Å²) in [4.78, 5) is 57.9. The number of hydrogen-bond donors (Lipinski definition) is 2. The molecule has 5 rings (SSSR count). The Hall–Kier alpha value is -3.70. The Bertz CT molecular complexity index is 1280. The number of nitrogens with zero attached hydrogens (tertiary/aromatic N) is 2. The molecule has 2 saturated heterocycles. The normalized spacial score (nSPS) is 33.0. The van der Waals surface area contributed by atoms with Crippen LogP contribution in [0.25, 0.3) is 0 Å². The minimum absolute atomic E-state index is 0.139. The highest BCUT2D eigenvalue weighted by molar-refractivity contribution is 6.05. The maximum atomic E-state index is 14.5. The number of amides is 3. The molecular formula is C31H39N3O8. The molecule has 1 spiro atoms. The van der Waals surface area contributed by atoms with Crippen LogP contribution in [0.15, 0.2) is 48.6 Å². The Morgan fingerprint density at radius 3 is 2.52 bits per heavy atom. The SMILES string of the molecule is COc1ccc(N2CC=C[C@@]34O[C@H]5/C=C\CCC(=O)NC[C@H](C)OC(=O)[C@H]5[C@@H]3C(=O)N([C@@H](CO)C(C)C)[C@H]4C2=O)cc1. The molecule has 7 atom stereocenters. The monoisotopic (exact) mass is 581 g/mol. The van der Waals surface area contributed by atoms with Crippen LogP contribution in [-0.2, 0) is 28.7 Å². The molecule has 0 bridgehead atoms. The molecule has 4 aliphatic heterocycles. The zero-order valence-corrected chi connectivity index (χ0v) is 24.4. The minimum Gasteiger partial charge on any atom is -0.497 e. The Morgan fingerprint density at radius 2 is 1.86 bits per heavy atom. The van der Waals surface area contributed by atoms with Crippen LogP contribution in [0.2, 0.25) is 0 Å². The van der Waals surface area contributed by atoms with Gasteiger partial charge in [0, 0.05) is 18.7 Å². The van der Waals surface area contributed by atoms with Crippen LogP contribution >= 0.6 is 0 Å². The molecule has 0 saturated carbocycles. The third-order valence-electron chi connectivity index (χ3n) is 8.67. The van der Waals surface area contributed by atoms with Crippen molar-refractivity contribution in [2.75, 3.05) is 31.7 Å². The molecule has 11 nitrogen and oxygen atoms in total. The smallest absolute Gasteiger partial charge is 0.313 e. The largest absolute Gasteiger partial charge is 0.497 e. The third-order valence-corrected chi connectivity index (χ3v) is 8.67. The van der Waals surface area contributed by atoms with Crippen molar-refractivity contribution in [2.45, 2.75) is 63.5 Å². The van der Waals surface area contributed by atoms with Crippen molar-refractivity contribution in [3.05, 3.63) is 48.6 Å². The van der Waals surface area contributed by atoms with E-state index in [0.29, 0.717) is 17.9 Å². The molecule has 4 heterocycles. The number of carbonyl (C=O) groups is 4. The number of carbonyl (C=O) groups excluding carboxylic acids is 4. The molecule has 0 unspecified atom stereocenters. The number of fused-ring (bicyclic) bond motifs is 2. The number of esters is 1. The molecule has 2 fully saturated rings. The summed E-state index contributed by atoms with van der Waals surface area (Å²) >= 11 is 0. The second-order valence-electron chi connectivity index (χ2n) is 11.6. The van der Waals surface area contributed by atoms with Gasteiger partial charge in [-0.25, -0.2) is 0 Å². The van der Waals surface area contributed by atoms with Gasteiger partial charge >= 0.3 is 5.97 Å². The number of hydrogen-bond acceptors (Lipinski definition) is 8. The lowest BCUT2D eigenvalue weighted by Gasteiger charge is -2.39. The number of anilines is 1. The van der Waals surface area contributed by atoms with Crippen molar-refractivity contribution in [2.24, 2.45) is 17.8 Å². The number of methoxy groups -OCH3 is 1. The Kier molecular flexibility index (Phi) is 8.43. The van der Waals surface area contributed by atoms with Gasteiger partial charge in [-0.15, -0.1) is 0 Å². The Labute approximate surface area is 245 Å². The minimum atomic E-state index is -1.48. The number of cyclic esters (lactones) is 1. The van der Waals surface area contributed by atoms with Gasteiger partial charge in [0.05, 0.1) is 38.3 Å². The van der Waals surface area contributed by atoms with Gasteiger partial charge < -0.3 is 34.4 Å². The molecule has 0 aliphatic carbocycles. The summed E-state index contributed by atoms with van der Waals surface area (Å²) in [6, 6.07) is 5.22. The second kappa shape index (κ2) is 11.9. The first-order chi connectivity index (χ1) is 20.1. The average Bonchev–Trinajstić information content (AvgIpc) is 3.35. The van der Waals surface area contributed by atoms with Gasteiger partial charge in [0.15, 0.2) is 0 Å². The average molecular weight is 582 g/mol. The second-order valence-corrected chi connectivity index (χ2v) is 11.6. The summed E-state index contributed by atoms with van der Waals surface area (Å²) in [5.41, 5.74) is -0.869. The molecule has 0 radical (unpaired) electrons. The molecule has 42 heavy (non-hydrogen) atoms. The Balaban J connectivity index is 1.62. The molecule has 1 aromatic carbocycles. The lowest BCUT2D eigenvalue weighted by molar-refractivity contribution is -0.159. The van der Waals surface area contributed by atoms with Crippen LogP contribution in [0.5, 0.6) is 5.75 Å². The fourth-order valence-electron chi connectivity index (χ4n) is 6.57.